The van der Waals surface area contributed by atoms with E-state index in [1.807, 2.05) is 30.0 Å². The molecule has 0 atom stereocenters. The third-order valence-corrected chi connectivity index (χ3v) is 3.07. The van der Waals surface area contributed by atoms with Gasteiger partial charge in [-0.05, 0) is 37.1 Å². The fraction of sp³-hybridized carbons (Fsp3) is 0.533. The van der Waals surface area contributed by atoms with Crippen LogP contribution in [0.2, 0.25) is 0 Å². The lowest BCUT2D eigenvalue weighted by molar-refractivity contribution is -0.117. The average Bonchev–Trinajstić information content (AvgIpc) is 2.43. The van der Waals surface area contributed by atoms with Crippen molar-refractivity contribution in [3.8, 4) is 0 Å². The summed E-state index contributed by atoms with van der Waals surface area (Å²) in [6, 6.07) is 7.91. The molecule has 0 saturated heterocycles. The zero-order valence-corrected chi connectivity index (χ0v) is 11.9. The van der Waals surface area contributed by atoms with Crippen molar-refractivity contribution >= 4 is 11.6 Å². The Morgan fingerprint density at radius 3 is 2.79 bits per heavy atom. The summed E-state index contributed by atoms with van der Waals surface area (Å²) >= 11 is 0. The van der Waals surface area contributed by atoms with E-state index in [1.165, 1.54) is 5.56 Å². The van der Waals surface area contributed by atoms with Crippen LogP contribution in [0.5, 0.6) is 0 Å². The molecule has 0 bridgehead atoms. The summed E-state index contributed by atoms with van der Waals surface area (Å²) in [5.41, 5.74) is 2.06. The summed E-state index contributed by atoms with van der Waals surface area (Å²) < 4.78 is 0. The van der Waals surface area contributed by atoms with Crippen LogP contribution in [-0.2, 0) is 11.2 Å². The summed E-state index contributed by atoms with van der Waals surface area (Å²) in [7, 11) is 0. The highest BCUT2D eigenvalue weighted by molar-refractivity contribution is 5.92. The van der Waals surface area contributed by atoms with Crippen molar-refractivity contribution in [2.75, 3.05) is 31.6 Å². The normalized spacial score (nSPS) is 10.7. The summed E-state index contributed by atoms with van der Waals surface area (Å²) in [5, 5.41) is 11.7. The fourth-order valence-corrected chi connectivity index (χ4v) is 1.92. The lowest BCUT2D eigenvalue weighted by atomic mass is 10.1. The number of aliphatic hydroxyl groups is 1. The highest BCUT2D eigenvalue weighted by Gasteiger charge is 2.08. The molecule has 19 heavy (non-hydrogen) atoms. The Hall–Kier alpha value is -1.39. The topological polar surface area (TPSA) is 52.6 Å². The minimum atomic E-state index is -0.00644. The number of amides is 1. The Kier molecular flexibility index (Phi) is 7.15. The molecular weight excluding hydrogens is 240 g/mol. The first-order chi connectivity index (χ1) is 9.19. The Balaban J connectivity index is 2.49. The molecule has 0 saturated carbocycles. The first-order valence-corrected chi connectivity index (χ1v) is 6.91. The molecule has 0 aliphatic rings. The van der Waals surface area contributed by atoms with E-state index in [2.05, 4.69) is 18.3 Å². The van der Waals surface area contributed by atoms with Gasteiger partial charge in [-0.15, -0.1) is 0 Å². The summed E-state index contributed by atoms with van der Waals surface area (Å²) in [6.07, 6.45) is 1.66. The second-order valence-corrected chi connectivity index (χ2v) is 4.55. The lowest BCUT2D eigenvalue weighted by Gasteiger charge is -2.19. The van der Waals surface area contributed by atoms with Crippen LogP contribution in [0, 0.1) is 0 Å². The van der Waals surface area contributed by atoms with Crippen LogP contribution in [0.1, 0.15) is 25.8 Å². The number of carbonyl (C=O) groups excluding carboxylic acids is 1. The van der Waals surface area contributed by atoms with E-state index in [0.717, 1.165) is 25.2 Å². The molecular formula is C15H24N2O2. The van der Waals surface area contributed by atoms with Crippen LogP contribution in [0.25, 0.3) is 0 Å². The van der Waals surface area contributed by atoms with Gasteiger partial charge in [-0.25, -0.2) is 0 Å². The molecule has 1 aromatic carbocycles. The number of hydrogen-bond acceptors (Lipinski definition) is 3. The first-order valence-electron chi connectivity index (χ1n) is 6.91. The van der Waals surface area contributed by atoms with Crippen molar-refractivity contribution in [2.24, 2.45) is 0 Å². The van der Waals surface area contributed by atoms with Gasteiger partial charge in [-0.2, -0.15) is 0 Å². The summed E-state index contributed by atoms with van der Waals surface area (Å²) in [5.74, 6) is -0.00644. The Labute approximate surface area is 115 Å². The number of rotatable bonds is 8. The van der Waals surface area contributed by atoms with Crippen LogP contribution >= 0.6 is 0 Å². The van der Waals surface area contributed by atoms with E-state index in [1.54, 1.807) is 0 Å². The van der Waals surface area contributed by atoms with Crippen molar-refractivity contribution in [3.63, 3.8) is 0 Å². The predicted octanol–water partition coefficient (Wildman–Crippen LogP) is 1.89. The lowest BCUT2D eigenvalue weighted by Crippen LogP contribution is -2.34. The monoisotopic (exact) mass is 264 g/mol. The highest BCUT2D eigenvalue weighted by Crippen LogP contribution is 2.11. The van der Waals surface area contributed by atoms with Crippen LogP contribution < -0.4 is 5.32 Å². The number of aliphatic hydroxyl groups excluding tert-OH is 1. The van der Waals surface area contributed by atoms with Gasteiger partial charge in [0.05, 0.1) is 6.54 Å². The van der Waals surface area contributed by atoms with Crippen molar-refractivity contribution in [1.82, 2.24) is 4.90 Å². The van der Waals surface area contributed by atoms with Gasteiger partial charge in [0.15, 0.2) is 0 Å². The standard InChI is InChI=1S/C15H24N2O2/c1-3-13-7-5-8-14(11-13)16-15(19)12-17(4-2)9-6-10-18/h5,7-8,11,18H,3-4,6,9-10,12H2,1-2H3,(H,16,19). The van der Waals surface area contributed by atoms with Gasteiger partial charge in [0.2, 0.25) is 5.91 Å². The number of anilines is 1. The second-order valence-electron chi connectivity index (χ2n) is 4.55. The molecule has 1 aromatic rings. The summed E-state index contributed by atoms with van der Waals surface area (Å²) in [6.45, 7) is 6.19. The van der Waals surface area contributed by atoms with E-state index < -0.39 is 0 Å². The number of benzene rings is 1. The zero-order valence-electron chi connectivity index (χ0n) is 11.9. The van der Waals surface area contributed by atoms with Gasteiger partial charge in [0.25, 0.3) is 0 Å². The number of aryl methyl sites for hydroxylation is 1. The van der Waals surface area contributed by atoms with Crippen molar-refractivity contribution in [2.45, 2.75) is 26.7 Å². The van der Waals surface area contributed by atoms with Gasteiger partial charge in [0, 0.05) is 18.8 Å². The maximum atomic E-state index is 11.9. The minimum Gasteiger partial charge on any atom is -0.396 e. The number of hydrogen-bond donors (Lipinski definition) is 2. The average molecular weight is 264 g/mol. The number of nitrogens with one attached hydrogen (secondary N) is 1. The minimum absolute atomic E-state index is 0.00644. The molecule has 0 aliphatic heterocycles. The predicted molar refractivity (Wildman–Crippen MR) is 78.3 cm³/mol. The fourth-order valence-electron chi connectivity index (χ4n) is 1.92. The first kappa shape index (κ1) is 15.7. The molecule has 0 aliphatic carbocycles. The number of likely N-dealkylation sites (N-methyl/N-ethyl adjacent to an activating group) is 1. The molecule has 0 unspecified atom stereocenters. The molecule has 0 aromatic heterocycles. The smallest absolute Gasteiger partial charge is 0.238 e. The molecule has 4 nitrogen and oxygen atoms in total. The third-order valence-electron chi connectivity index (χ3n) is 3.07. The molecule has 0 heterocycles. The number of nitrogens with zero attached hydrogens (tertiary/aromatic N) is 1. The van der Waals surface area contributed by atoms with Crippen LogP contribution in [-0.4, -0.2) is 42.2 Å². The van der Waals surface area contributed by atoms with Crippen molar-refractivity contribution < 1.29 is 9.90 Å². The van der Waals surface area contributed by atoms with Crippen molar-refractivity contribution in [3.05, 3.63) is 29.8 Å². The maximum absolute atomic E-state index is 11.9. The third kappa shape index (κ3) is 5.85. The Morgan fingerprint density at radius 1 is 1.37 bits per heavy atom. The molecule has 1 rings (SSSR count). The van der Waals surface area contributed by atoms with Crippen LogP contribution in [0.15, 0.2) is 24.3 Å². The molecule has 0 fully saturated rings. The Morgan fingerprint density at radius 2 is 2.16 bits per heavy atom. The number of carbonyl (C=O) groups is 1. The SMILES string of the molecule is CCc1cccc(NC(=O)CN(CC)CCCO)c1. The highest BCUT2D eigenvalue weighted by atomic mass is 16.3. The quantitative estimate of drug-likeness (QED) is 0.754. The van der Waals surface area contributed by atoms with Gasteiger partial charge in [0.1, 0.15) is 0 Å². The van der Waals surface area contributed by atoms with Gasteiger partial charge < -0.3 is 10.4 Å². The van der Waals surface area contributed by atoms with E-state index in [4.69, 9.17) is 5.11 Å². The molecule has 4 heteroatoms. The van der Waals surface area contributed by atoms with Crippen molar-refractivity contribution in [1.29, 1.82) is 0 Å². The van der Waals surface area contributed by atoms with Gasteiger partial charge >= 0.3 is 0 Å². The van der Waals surface area contributed by atoms with Crippen LogP contribution in [0.4, 0.5) is 5.69 Å². The Bertz CT molecular complexity index is 393. The molecule has 1 amide bonds. The van der Waals surface area contributed by atoms with E-state index >= 15 is 0 Å². The molecule has 0 spiro atoms. The molecule has 0 radical (unpaired) electrons. The second kappa shape index (κ2) is 8.67. The van der Waals surface area contributed by atoms with Gasteiger partial charge in [-0.1, -0.05) is 26.0 Å². The molecule has 106 valence electrons. The largest absolute Gasteiger partial charge is 0.396 e. The maximum Gasteiger partial charge on any atom is 0.238 e. The van der Waals surface area contributed by atoms with E-state index in [0.29, 0.717) is 13.0 Å². The van der Waals surface area contributed by atoms with Crippen LogP contribution in [0.3, 0.4) is 0 Å². The summed E-state index contributed by atoms with van der Waals surface area (Å²) in [4.78, 5) is 14.0. The van der Waals surface area contributed by atoms with E-state index in [9.17, 15) is 4.79 Å². The van der Waals surface area contributed by atoms with E-state index in [-0.39, 0.29) is 12.5 Å². The van der Waals surface area contributed by atoms with Gasteiger partial charge in [-0.3, -0.25) is 9.69 Å². The zero-order chi connectivity index (χ0) is 14.1. The molecule has 2 N–H and O–H groups in total.